The Bertz CT molecular complexity index is 952. The fraction of sp³-hybridized carbons (Fsp3) is 0.912. The van der Waals surface area contributed by atoms with Gasteiger partial charge in [-0.1, -0.05) is 129 Å². The lowest BCUT2D eigenvalue weighted by molar-refractivity contribution is -0.298. The van der Waals surface area contributed by atoms with E-state index in [-0.39, 0.29) is 6.42 Å². The molecule has 48 heavy (non-hydrogen) atoms. The number of nitrogens with one attached hydrogen (secondary N) is 1. The molecule has 0 aromatic rings. The first-order valence-corrected chi connectivity index (χ1v) is 19.5. The maximum absolute atomic E-state index is 12.9. The molecule has 8 atom stereocenters. The third-order valence-electron chi connectivity index (χ3n) is 8.68. The third-order valence-corrected chi connectivity index (χ3v) is 9.14. The number of carbonyl (C=O) groups is 1. The van der Waals surface area contributed by atoms with E-state index in [4.69, 9.17) is 14.0 Å². The number of aliphatic hydroxyl groups is 5. The second kappa shape index (κ2) is 26.6. The van der Waals surface area contributed by atoms with E-state index in [9.17, 15) is 38.7 Å². The molecule has 0 aromatic carbocycles. The molecule has 13 nitrogen and oxygen atoms in total. The largest absolute Gasteiger partial charge is 0.397 e. The fourth-order valence-electron chi connectivity index (χ4n) is 5.69. The molecule has 1 fully saturated rings. The van der Waals surface area contributed by atoms with Crippen molar-refractivity contribution in [2.24, 2.45) is 0 Å². The van der Waals surface area contributed by atoms with Crippen LogP contribution in [0.3, 0.4) is 0 Å². The number of amides is 1. The first-order chi connectivity index (χ1) is 22.9. The summed E-state index contributed by atoms with van der Waals surface area (Å²) < 4.78 is 47.0. The van der Waals surface area contributed by atoms with Gasteiger partial charge in [-0.3, -0.25) is 9.35 Å². The van der Waals surface area contributed by atoms with Crippen molar-refractivity contribution in [1.29, 1.82) is 0 Å². The maximum atomic E-state index is 12.9. The van der Waals surface area contributed by atoms with Gasteiger partial charge in [0.15, 0.2) is 6.29 Å². The van der Waals surface area contributed by atoms with E-state index in [1.54, 1.807) is 6.08 Å². The Hall–Kier alpha value is -1.20. The Labute approximate surface area is 288 Å². The number of hydrogen-bond acceptors (Lipinski definition) is 11. The predicted octanol–water partition coefficient (Wildman–Crippen LogP) is 3.84. The topological polar surface area (TPSA) is 212 Å². The lowest BCUT2D eigenvalue weighted by Crippen LogP contribution is -2.61. The number of rotatable bonds is 29. The lowest BCUT2D eigenvalue weighted by atomic mass is 9.99. The molecule has 7 N–H and O–H groups in total. The smallest absolute Gasteiger partial charge is 0.394 e. The highest BCUT2D eigenvalue weighted by Gasteiger charge is 2.48. The van der Waals surface area contributed by atoms with Crippen molar-refractivity contribution in [3.8, 4) is 0 Å². The van der Waals surface area contributed by atoms with Crippen LogP contribution in [0.1, 0.15) is 136 Å². The molecule has 8 unspecified atom stereocenters. The summed E-state index contributed by atoms with van der Waals surface area (Å²) in [5.74, 6) is -0.708. The number of aliphatic hydroxyl groups excluding tert-OH is 5. The summed E-state index contributed by atoms with van der Waals surface area (Å²) in [6.07, 6.45) is 12.1. The minimum Gasteiger partial charge on any atom is -0.394 e. The molecule has 0 bridgehead atoms. The van der Waals surface area contributed by atoms with E-state index in [2.05, 4.69) is 23.3 Å². The summed E-state index contributed by atoms with van der Waals surface area (Å²) >= 11 is 0. The Morgan fingerprint density at radius 2 is 1.35 bits per heavy atom. The summed E-state index contributed by atoms with van der Waals surface area (Å²) in [5.41, 5.74) is 0. The van der Waals surface area contributed by atoms with Gasteiger partial charge in [-0.05, 0) is 19.3 Å². The maximum Gasteiger partial charge on any atom is 0.397 e. The molecule has 1 aliphatic rings. The van der Waals surface area contributed by atoms with Gasteiger partial charge >= 0.3 is 10.4 Å². The van der Waals surface area contributed by atoms with Crippen molar-refractivity contribution in [3.63, 3.8) is 0 Å². The highest BCUT2D eigenvalue weighted by atomic mass is 32.3. The molecule has 14 heteroatoms. The zero-order chi connectivity index (χ0) is 35.8. The van der Waals surface area contributed by atoms with Crippen molar-refractivity contribution >= 4 is 16.3 Å². The standard InChI is InChI=1S/C34H65NO12S/c1-3-5-7-9-11-12-13-14-15-17-19-21-23-28(38)33(41)35-26(27(37)22-20-18-16-10-8-6-4-2)25-45-34-31(40)32(47-48(42,43)44)30(39)29(24-36)46-34/h20,22,26-32,34,36-40H,3-19,21,23-25H2,1-2H3,(H,35,41)(H,42,43,44)/b22-20+. The van der Waals surface area contributed by atoms with Gasteiger partial charge in [-0.25, -0.2) is 4.18 Å². The van der Waals surface area contributed by atoms with E-state index in [0.29, 0.717) is 12.8 Å². The van der Waals surface area contributed by atoms with Crippen molar-refractivity contribution in [1.82, 2.24) is 5.32 Å². The second-order valence-corrected chi connectivity index (χ2v) is 14.0. The molecule has 0 saturated carbocycles. The average molecular weight is 712 g/mol. The minimum absolute atomic E-state index is 0.246. The molecule has 1 aliphatic heterocycles. The van der Waals surface area contributed by atoms with E-state index < -0.39 is 78.5 Å². The quantitative estimate of drug-likeness (QED) is 0.0335. The monoisotopic (exact) mass is 711 g/mol. The number of unbranched alkanes of at least 4 members (excludes halogenated alkanes) is 16. The number of hydrogen-bond donors (Lipinski definition) is 7. The molecule has 1 saturated heterocycles. The summed E-state index contributed by atoms with van der Waals surface area (Å²) in [5, 5.41) is 54.5. The van der Waals surface area contributed by atoms with Crippen LogP contribution in [0.25, 0.3) is 0 Å². The number of allylic oxidation sites excluding steroid dienone is 1. The van der Waals surface area contributed by atoms with Crippen LogP contribution >= 0.6 is 0 Å². The van der Waals surface area contributed by atoms with E-state index >= 15 is 0 Å². The van der Waals surface area contributed by atoms with Gasteiger partial charge in [0, 0.05) is 0 Å². The van der Waals surface area contributed by atoms with Crippen molar-refractivity contribution in [3.05, 3.63) is 12.2 Å². The highest BCUT2D eigenvalue weighted by Crippen LogP contribution is 2.26. The van der Waals surface area contributed by atoms with Crippen molar-refractivity contribution in [2.75, 3.05) is 13.2 Å². The second-order valence-electron chi connectivity index (χ2n) is 13.0. The summed E-state index contributed by atoms with van der Waals surface area (Å²) in [7, 11) is -5.10. The summed E-state index contributed by atoms with van der Waals surface area (Å²) in [4.78, 5) is 12.9. The summed E-state index contributed by atoms with van der Waals surface area (Å²) in [6.45, 7) is 3.09. The SMILES string of the molecule is CCCCCCC/C=C/C(O)C(COC1OC(CO)C(O)C(OS(=O)(=O)O)C1O)NC(=O)C(O)CCCCCCCCCCCCCC. The number of carbonyl (C=O) groups excluding carboxylic acids is 1. The van der Waals surface area contributed by atoms with Crippen LogP contribution in [0.4, 0.5) is 0 Å². The van der Waals surface area contributed by atoms with Crippen molar-refractivity contribution in [2.45, 2.75) is 185 Å². The van der Waals surface area contributed by atoms with Crippen LogP contribution in [-0.4, -0.2) is 107 Å². The Balaban J connectivity index is 2.70. The van der Waals surface area contributed by atoms with Gasteiger partial charge in [0.2, 0.25) is 5.91 Å². The molecule has 0 radical (unpaired) electrons. The van der Waals surface area contributed by atoms with E-state index in [0.717, 1.165) is 51.4 Å². The van der Waals surface area contributed by atoms with Gasteiger partial charge < -0.3 is 40.3 Å². The summed E-state index contributed by atoms with van der Waals surface area (Å²) in [6, 6.07) is -1.11. The van der Waals surface area contributed by atoms with Crippen LogP contribution in [-0.2, 0) is 28.9 Å². The molecule has 0 aromatic heterocycles. The minimum atomic E-state index is -5.10. The van der Waals surface area contributed by atoms with Gasteiger partial charge in [0.1, 0.15) is 30.5 Å². The Morgan fingerprint density at radius 3 is 1.88 bits per heavy atom. The highest BCUT2D eigenvalue weighted by molar-refractivity contribution is 7.80. The first kappa shape index (κ1) is 44.8. The molecule has 1 rings (SSSR count). The van der Waals surface area contributed by atoms with Crippen LogP contribution in [0.15, 0.2) is 12.2 Å². The fourth-order valence-corrected chi connectivity index (χ4v) is 6.20. The van der Waals surface area contributed by atoms with Crippen molar-refractivity contribution < 1.29 is 57.0 Å². The molecular weight excluding hydrogens is 646 g/mol. The lowest BCUT2D eigenvalue weighted by Gasteiger charge is -2.41. The molecule has 0 spiro atoms. The van der Waals surface area contributed by atoms with Gasteiger partial charge in [0.25, 0.3) is 0 Å². The molecular formula is C34H65NO12S. The molecule has 0 aliphatic carbocycles. The van der Waals surface area contributed by atoms with Gasteiger partial charge in [-0.15, -0.1) is 0 Å². The van der Waals surface area contributed by atoms with E-state index in [1.807, 2.05) is 0 Å². The zero-order valence-corrected chi connectivity index (χ0v) is 30.0. The Kier molecular flexibility index (Phi) is 24.8. The van der Waals surface area contributed by atoms with Gasteiger partial charge in [-0.2, -0.15) is 8.42 Å². The van der Waals surface area contributed by atoms with Crippen LogP contribution in [0, 0.1) is 0 Å². The third kappa shape index (κ3) is 19.9. The van der Waals surface area contributed by atoms with Crippen LogP contribution < -0.4 is 5.32 Å². The average Bonchev–Trinajstić information content (AvgIpc) is 3.05. The zero-order valence-electron chi connectivity index (χ0n) is 29.2. The molecule has 284 valence electrons. The number of ether oxygens (including phenoxy) is 2. The van der Waals surface area contributed by atoms with E-state index in [1.165, 1.54) is 57.4 Å². The predicted molar refractivity (Wildman–Crippen MR) is 182 cm³/mol. The van der Waals surface area contributed by atoms with Gasteiger partial charge in [0.05, 0.1) is 25.4 Å². The van der Waals surface area contributed by atoms with Crippen LogP contribution in [0.2, 0.25) is 0 Å². The first-order valence-electron chi connectivity index (χ1n) is 18.2. The normalized spacial score (nSPS) is 23.7. The Morgan fingerprint density at radius 1 is 0.833 bits per heavy atom. The molecule has 1 heterocycles. The molecule has 1 amide bonds. The van der Waals surface area contributed by atoms with Crippen LogP contribution in [0.5, 0.6) is 0 Å².